The minimum Gasteiger partial charge on any atom is -0.393 e. The van der Waals surface area contributed by atoms with Gasteiger partial charge in [-0.3, -0.25) is 0 Å². The van der Waals surface area contributed by atoms with Gasteiger partial charge in [-0.1, -0.05) is 11.6 Å². The lowest BCUT2D eigenvalue weighted by atomic mass is 10.2. The van der Waals surface area contributed by atoms with Crippen molar-refractivity contribution in [3.63, 3.8) is 0 Å². The molecule has 1 atom stereocenters. The van der Waals surface area contributed by atoms with Gasteiger partial charge >= 0.3 is 0 Å². The zero-order valence-corrected chi connectivity index (χ0v) is 6.52. The lowest BCUT2D eigenvalue weighted by Crippen LogP contribution is -1.96. The van der Waals surface area contributed by atoms with Crippen molar-refractivity contribution in [3.05, 3.63) is 11.6 Å². The Morgan fingerprint density at radius 1 is 1.56 bits per heavy atom. The van der Waals surface area contributed by atoms with Gasteiger partial charge in [-0.25, -0.2) is 0 Å². The van der Waals surface area contributed by atoms with Crippen molar-refractivity contribution in [2.24, 2.45) is 0 Å². The van der Waals surface area contributed by atoms with E-state index in [1.807, 2.05) is 6.92 Å². The van der Waals surface area contributed by atoms with Crippen LogP contribution in [0.15, 0.2) is 11.6 Å². The van der Waals surface area contributed by atoms with Crippen LogP contribution in [-0.2, 0) is 0 Å². The van der Waals surface area contributed by atoms with Crippen LogP contribution >= 0.6 is 0 Å². The molecular formula is C8H16O. The van der Waals surface area contributed by atoms with Crippen molar-refractivity contribution in [1.29, 1.82) is 0 Å². The quantitative estimate of drug-likeness (QED) is 0.577. The summed E-state index contributed by atoms with van der Waals surface area (Å²) in [5.74, 6) is 0. The van der Waals surface area contributed by atoms with E-state index in [-0.39, 0.29) is 6.10 Å². The molecule has 1 nitrogen and oxygen atoms in total. The Kier molecular flexibility index (Phi) is 4.41. The second kappa shape index (κ2) is 4.57. The van der Waals surface area contributed by atoms with Crippen LogP contribution in [0.1, 0.15) is 33.6 Å². The Hall–Kier alpha value is -0.300. The molecule has 0 fully saturated rings. The van der Waals surface area contributed by atoms with Gasteiger partial charge in [0, 0.05) is 0 Å². The number of allylic oxidation sites excluding steroid dienone is 2. The monoisotopic (exact) mass is 128 g/mol. The molecule has 0 amide bonds. The first-order chi connectivity index (χ1) is 4.13. The van der Waals surface area contributed by atoms with Crippen molar-refractivity contribution in [3.8, 4) is 0 Å². The maximum Gasteiger partial charge on any atom is 0.0515 e. The summed E-state index contributed by atoms with van der Waals surface area (Å²) in [4.78, 5) is 0. The van der Waals surface area contributed by atoms with Crippen molar-refractivity contribution in [2.45, 2.75) is 39.7 Å². The van der Waals surface area contributed by atoms with E-state index in [0.717, 1.165) is 12.8 Å². The molecule has 0 bridgehead atoms. The van der Waals surface area contributed by atoms with Gasteiger partial charge in [-0.05, 0) is 33.6 Å². The van der Waals surface area contributed by atoms with E-state index < -0.39 is 0 Å². The minimum absolute atomic E-state index is 0.152. The molecule has 1 heteroatoms. The molecule has 0 heterocycles. The Bertz CT molecular complexity index is 88.7. The molecule has 0 radical (unpaired) electrons. The van der Waals surface area contributed by atoms with E-state index in [0.29, 0.717) is 0 Å². The van der Waals surface area contributed by atoms with Crippen molar-refractivity contribution < 1.29 is 5.11 Å². The normalized spacial score (nSPS) is 12.9. The summed E-state index contributed by atoms with van der Waals surface area (Å²) in [7, 11) is 0. The first-order valence-corrected chi connectivity index (χ1v) is 3.44. The highest BCUT2D eigenvalue weighted by molar-refractivity contribution is 4.92. The van der Waals surface area contributed by atoms with Crippen LogP contribution in [-0.4, -0.2) is 11.2 Å². The molecule has 0 aliphatic rings. The predicted octanol–water partition coefficient (Wildman–Crippen LogP) is 2.11. The highest BCUT2D eigenvalue weighted by atomic mass is 16.3. The van der Waals surface area contributed by atoms with Crippen LogP contribution in [0.4, 0.5) is 0 Å². The highest BCUT2D eigenvalue weighted by Crippen LogP contribution is 1.99. The topological polar surface area (TPSA) is 20.2 Å². The van der Waals surface area contributed by atoms with Gasteiger partial charge in [0.1, 0.15) is 0 Å². The lowest BCUT2D eigenvalue weighted by molar-refractivity contribution is 0.186. The van der Waals surface area contributed by atoms with Crippen molar-refractivity contribution in [2.75, 3.05) is 0 Å². The molecule has 1 N–H and O–H groups in total. The van der Waals surface area contributed by atoms with Crippen molar-refractivity contribution >= 4 is 0 Å². The van der Waals surface area contributed by atoms with Gasteiger partial charge in [0.05, 0.1) is 6.10 Å². The molecule has 54 valence electrons. The number of hydrogen-bond donors (Lipinski definition) is 1. The highest BCUT2D eigenvalue weighted by Gasteiger charge is 1.90. The molecule has 0 aromatic heterocycles. The summed E-state index contributed by atoms with van der Waals surface area (Å²) in [6.07, 6.45) is 3.87. The average molecular weight is 128 g/mol. The molecular weight excluding hydrogens is 112 g/mol. The fourth-order valence-corrected chi connectivity index (χ4v) is 0.613. The molecule has 0 aromatic rings. The Morgan fingerprint density at radius 3 is 2.44 bits per heavy atom. The molecule has 0 rings (SSSR count). The second-order valence-corrected chi connectivity index (χ2v) is 2.71. The van der Waals surface area contributed by atoms with E-state index in [4.69, 9.17) is 5.11 Å². The number of rotatable bonds is 3. The predicted molar refractivity (Wildman–Crippen MR) is 40.3 cm³/mol. The van der Waals surface area contributed by atoms with Crippen LogP contribution < -0.4 is 0 Å². The summed E-state index contributed by atoms with van der Waals surface area (Å²) >= 11 is 0. The summed E-state index contributed by atoms with van der Waals surface area (Å²) in [6.45, 7) is 5.96. The van der Waals surface area contributed by atoms with E-state index in [9.17, 15) is 0 Å². The van der Waals surface area contributed by atoms with Crippen LogP contribution in [0.5, 0.6) is 0 Å². The first kappa shape index (κ1) is 8.70. The molecule has 9 heavy (non-hydrogen) atoms. The van der Waals surface area contributed by atoms with Gasteiger partial charge in [-0.15, -0.1) is 0 Å². The van der Waals surface area contributed by atoms with Crippen LogP contribution in [0, 0.1) is 0 Å². The molecule has 1 unspecified atom stereocenters. The largest absolute Gasteiger partial charge is 0.393 e. The summed E-state index contributed by atoms with van der Waals surface area (Å²) in [5, 5.41) is 8.84. The summed E-state index contributed by atoms with van der Waals surface area (Å²) in [5.41, 5.74) is 1.33. The van der Waals surface area contributed by atoms with Crippen molar-refractivity contribution in [1.82, 2.24) is 0 Å². The van der Waals surface area contributed by atoms with Gasteiger partial charge in [0.2, 0.25) is 0 Å². The maximum absolute atomic E-state index is 8.84. The molecule has 0 aromatic carbocycles. The molecule has 0 aliphatic heterocycles. The van der Waals surface area contributed by atoms with Gasteiger partial charge < -0.3 is 5.11 Å². The van der Waals surface area contributed by atoms with E-state index >= 15 is 0 Å². The zero-order valence-electron chi connectivity index (χ0n) is 6.52. The third-order valence-corrected chi connectivity index (χ3v) is 1.14. The van der Waals surface area contributed by atoms with E-state index in [1.165, 1.54) is 5.57 Å². The van der Waals surface area contributed by atoms with E-state index in [2.05, 4.69) is 19.9 Å². The number of aliphatic hydroxyl groups is 1. The molecule has 0 aliphatic carbocycles. The molecule has 0 saturated carbocycles. The van der Waals surface area contributed by atoms with Gasteiger partial charge in [0.15, 0.2) is 0 Å². The van der Waals surface area contributed by atoms with Crippen LogP contribution in [0.25, 0.3) is 0 Å². The maximum atomic E-state index is 8.84. The van der Waals surface area contributed by atoms with E-state index in [1.54, 1.807) is 0 Å². The summed E-state index contributed by atoms with van der Waals surface area (Å²) < 4.78 is 0. The fraction of sp³-hybridized carbons (Fsp3) is 0.750. The molecule has 0 saturated heterocycles. The minimum atomic E-state index is -0.152. The number of hydrogen-bond acceptors (Lipinski definition) is 1. The molecule has 0 spiro atoms. The Morgan fingerprint density at radius 2 is 2.11 bits per heavy atom. The number of aliphatic hydroxyl groups excluding tert-OH is 1. The third-order valence-electron chi connectivity index (χ3n) is 1.14. The standard InChI is InChI=1S/C8H16O/c1-7(2)5-4-6-8(3)9/h5,8-9H,4,6H2,1-3H3. The summed E-state index contributed by atoms with van der Waals surface area (Å²) in [6, 6.07) is 0. The first-order valence-electron chi connectivity index (χ1n) is 3.44. The van der Waals surface area contributed by atoms with Gasteiger partial charge in [0.25, 0.3) is 0 Å². The zero-order chi connectivity index (χ0) is 7.28. The lowest BCUT2D eigenvalue weighted by Gasteiger charge is -1.98. The SMILES string of the molecule is CC(C)=CCCC(C)O. The smallest absolute Gasteiger partial charge is 0.0515 e. The Labute approximate surface area is 57.4 Å². The third kappa shape index (κ3) is 7.70. The van der Waals surface area contributed by atoms with Crippen LogP contribution in [0.3, 0.4) is 0 Å². The fourth-order valence-electron chi connectivity index (χ4n) is 0.613. The van der Waals surface area contributed by atoms with Crippen LogP contribution in [0.2, 0.25) is 0 Å². The Balaban J connectivity index is 3.20. The van der Waals surface area contributed by atoms with Gasteiger partial charge in [-0.2, -0.15) is 0 Å². The average Bonchev–Trinajstić information content (AvgIpc) is 1.63. The second-order valence-electron chi connectivity index (χ2n) is 2.71.